The van der Waals surface area contributed by atoms with E-state index in [0.717, 1.165) is 22.3 Å². The van der Waals surface area contributed by atoms with Crippen molar-refractivity contribution in [3.05, 3.63) is 22.2 Å². The fourth-order valence-corrected chi connectivity index (χ4v) is 2.71. The lowest BCUT2D eigenvalue weighted by molar-refractivity contribution is 0.0515. The first kappa shape index (κ1) is 15.4. The van der Waals surface area contributed by atoms with Crippen molar-refractivity contribution < 1.29 is 14.1 Å². The Morgan fingerprint density at radius 2 is 2.33 bits per heavy atom. The summed E-state index contributed by atoms with van der Waals surface area (Å²) in [5, 5.41) is 11.2. The molecule has 0 bridgehead atoms. The predicted molar refractivity (Wildman–Crippen MR) is 78.0 cm³/mol. The lowest BCUT2D eigenvalue weighted by Crippen LogP contribution is -2.06. The van der Waals surface area contributed by atoms with Crippen molar-refractivity contribution in [2.24, 2.45) is 10.2 Å². The Morgan fingerprint density at radius 3 is 3.05 bits per heavy atom. The lowest BCUT2D eigenvalue weighted by Gasteiger charge is -1.96. The van der Waals surface area contributed by atoms with Crippen molar-refractivity contribution in [3.63, 3.8) is 0 Å². The van der Waals surface area contributed by atoms with E-state index in [4.69, 9.17) is 4.74 Å². The molecule has 0 aliphatic rings. The molecular weight excluding hydrogens is 316 g/mol. The number of azo groups is 1. The molecule has 0 saturated carbocycles. The number of hydrogen-bond acceptors (Lipinski definition) is 9. The largest absolute Gasteiger partial charge is 0.461 e. The lowest BCUT2D eigenvalue weighted by atomic mass is 10.4. The molecule has 10 heteroatoms. The Kier molecular flexibility index (Phi) is 5.28. The van der Waals surface area contributed by atoms with Gasteiger partial charge in [0.1, 0.15) is 5.03 Å². The maximum absolute atomic E-state index is 11.6. The van der Waals surface area contributed by atoms with Gasteiger partial charge in [-0.1, -0.05) is 6.92 Å². The van der Waals surface area contributed by atoms with Gasteiger partial charge in [0.2, 0.25) is 5.69 Å². The molecule has 0 aliphatic heterocycles. The number of carbonyl (C=O) groups excluding carboxylic acids is 1. The van der Waals surface area contributed by atoms with Crippen LogP contribution in [0.15, 0.2) is 30.6 Å². The fourth-order valence-electron chi connectivity index (χ4n) is 1.34. The second-order valence-corrected chi connectivity index (χ2v) is 5.64. The monoisotopic (exact) mass is 328 g/mol. The van der Waals surface area contributed by atoms with E-state index in [1.165, 1.54) is 0 Å². The van der Waals surface area contributed by atoms with E-state index in [9.17, 15) is 9.59 Å². The van der Waals surface area contributed by atoms with E-state index in [1.54, 1.807) is 24.8 Å². The minimum absolute atomic E-state index is 0.154. The molecule has 0 atom stereocenters. The van der Waals surface area contributed by atoms with Crippen molar-refractivity contribution in [2.45, 2.75) is 18.9 Å². The predicted octanol–water partition coefficient (Wildman–Crippen LogP) is 3.13. The number of aromatic amines is 1. The van der Waals surface area contributed by atoms with Gasteiger partial charge in [0.25, 0.3) is 0 Å². The number of nitrogens with one attached hydrogen (secondary N) is 1. The standard InChI is InChI=1S/C11H12N4O4S2/c1-3-18-10(16)9-8(11(17)19-14-9)13-12-6-5-7(15-21-6)20-4-2/h5,14H,3-4H2,1-2H3. The fraction of sp³-hybridized carbons (Fsp3) is 0.364. The highest BCUT2D eigenvalue weighted by molar-refractivity contribution is 7.99. The number of esters is 1. The Bertz CT molecular complexity index is 703. The number of H-pyrrole nitrogens is 1. The van der Waals surface area contributed by atoms with Crippen LogP contribution in [-0.4, -0.2) is 27.9 Å². The van der Waals surface area contributed by atoms with Gasteiger partial charge in [-0.25, -0.2) is 14.7 Å². The highest BCUT2D eigenvalue weighted by Gasteiger charge is 2.20. The Morgan fingerprint density at radius 1 is 1.52 bits per heavy atom. The van der Waals surface area contributed by atoms with E-state index in [2.05, 4.69) is 24.3 Å². The van der Waals surface area contributed by atoms with Gasteiger partial charge in [-0.05, 0) is 24.2 Å². The van der Waals surface area contributed by atoms with Gasteiger partial charge in [-0.3, -0.25) is 0 Å². The zero-order valence-electron chi connectivity index (χ0n) is 11.3. The third-order valence-electron chi connectivity index (χ3n) is 2.17. The summed E-state index contributed by atoms with van der Waals surface area (Å²) in [5.74, 6) is 0.179. The number of aromatic nitrogens is 2. The Labute approximate surface area is 127 Å². The summed E-state index contributed by atoms with van der Waals surface area (Å²) in [4.78, 5) is 23.1. The van der Waals surface area contributed by atoms with Crippen molar-refractivity contribution in [1.82, 2.24) is 9.53 Å². The molecule has 0 aliphatic carbocycles. The minimum Gasteiger partial charge on any atom is -0.461 e. The first-order valence-corrected chi connectivity index (χ1v) is 7.81. The molecule has 0 aromatic carbocycles. The molecule has 21 heavy (non-hydrogen) atoms. The molecule has 112 valence electrons. The normalized spacial score (nSPS) is 11.1. The molecule has 2 aromatic rings. The van der Waals surface area contributed by atoms with Crippen LogP contribution in [0, 0.1) is 0 Å². The first-order valence-electron chi connectivity index (χ1n) is 6.05. The van der Waals surface area contributed by atoms with Gasteiger partial charge in [0.05, 0.1) is 6.61 Å². The molecule has 0 spiro atoms. The summed E-state index contributed by atoms with van der Waals surface area (Å²) in [6.45, 7) is 3.85. The van der Waals surface area contributed by atoms with Crippen molar-refractivity contribution in [1.29, 1.82) is 0 Å². The summed E-state index contributed by atoms with van der Waals surface area (Å²) in [6, 6.07) is 1.75. The maximum Gasteiger partial charge on any atom is 0.385 e. The molecule has 0 amide bonds. The first-order chi connectivity index (χ1) is 10.2. The van der Waals surface area contributed by atoms with Crippen LogP contribution in [0.5, 0.6) is 0 Å². The average molecular weight is 328 g/mol. The van der Waals surface area contributed by atoms with E-state index in [0.29, 0.717) is 5.00 Å². The van der Waals surface area contributed by atoms with Crippen molar-refractivity contribution in [3.8, 4) is 0 Å². The van der Waals surface area contributed by atoms with Crippen LogP contribution in [-0.2, 0) is 4.74 Å². The SMILES string of the molecule is CCOC(=O)c1[nH]oc(=O)c1N=Nc1cc(SCC)ns1. The molecule has 2 rings (SSSR count). The summed E-state index contributed by atoms with van der Waals surface area (Å²) >= 11 is 2.73. The number of nitrogens with zero attached hydrogens (tertiary/aromatic N) is 3. The number of carbonyl (C=O) groups is 1. The van der Waals surface area contributed by atoms with E-state index in [1.807, 2.05) is 6.92 Å². The summed E-state index contributed by atoms with van der Waals surface area (Å²) in [6.07, 6.45) is 0. The van der Waals surface area contributed by atoms with E-state index < -0.39 is 11.6 Å². The zero-order chi connectivity index (χ0) is 15.2. The summed E-state index contributed by atoms with van der Waals surface area (Å²) < 4.78 is 13.5. The topological polar surface area (TPSA) is 110 Å². The van der Waals surface area contributed by atoms with Crippen LogP contribution in [0.1, 0.15) is 24.3 Å². The van der Waals surface area contributed by atoms with Gasteiger partial charge in [-0.2, -0.15) is 4.37 Å². The number of hydrogen-bond donors (Lipinski definition) is 1. The van der Waals surface area contributed by atoms with Crippen LogP contribution in [0.2, 0.25) is 0 Å². The zero-order valence-corrected chi connectivity index (χ0v) is 12.9. The smallest absolute Gasteiger partial charge is 0.385 e. The number of thioether (sulfide) groups is 1. The van der Waals surface area contributed by atoms with Crippen LogP contribution in [0.25, 0.3) is 0 Å². The number of ether oxygens (including phenoxy) is 1. The molecule has 0 saturated heterocycles. The van der Waals surface area contributed by atoms with E-state index in [-0.39, 0.29) is 18.0 Å². The molecule has 0 unspecified atom stereocenters. The molecule has 8 nitrogen and oxygen atoms in total. The van der Waals surface area contributed by atoms with Gasteiger partial charge in [-0.15, -0.1) is 22.0 Å². The van der Waals surface area contributed by atoms with Crippen LogP contribution < -0.4 is 5.63 Å². The second-order valence-electron chi connectivity index (χ2n) is 3.57. The Hall–Kier alpha value is -1.94. The molecule has 0 fully saturated rings. The molecular formula is C11H12N4O4S2. The van der Waals surface area contributed by atoms with Crippen LogP contribution >= 0.6 is 23.3 Å². The molecule has 1 N–H and O–H groups in total. The molecule has 0 radical (unpaired) electrons. The summed E-state index contributed by atoms with van der Waals surface area (Å²) in [5.41, 5.74) is -1.15. The Balaban J connectivity index is 2.22. The van der Waals surface area contributed by atoms with Crippen molar-refractivity contribution >= 4 is 40.0 Å². The van der Waals surface area contributed by atoms with Crippen molar-refractivity contribution in [2.75, 3.05) is 12.4 Å². The van der Waals surface area contributed by atoms with Gasteiger partial charge < -0.3 is 9.26 Å². The quantitative estimate of drug-likeness (QED) is 0.495. The highest BCUT2D eigenvalue weighted by Crippen LogP contribution is 2.28. The summed E-state index contributed by atoms with van der Waals surface area (Å²) in [7, 11) is 0. The minimum atomic E-state index is -0.783. The maximum atomic E-state index is 11.6. The van der Waals surface area contributed by atoms with Crippen LogP contribution in [0.3, 0.4) is 0 Å². The third-order valence-corrected chi connectivity index (χ3v) is 3.76. The molecule has 2 aromatic heterocycles. The van der Waals surface area contributed by atoms with Gasteiger partial charge in [0, 0.05) is 6.07 Å². The second kappa shape index (κ2) is 7.18. The average Bonchev–Trinajstić information content (AvgIpc) is 3.04. The third kappa shape index (κ3) is 3.79. The van der Waals surface area contributed by atoms with E-state index >= 15 is 0 Å². The van der Waals surface area contributed by atoms with Gasteiger partial charge in [0.15, 0.2) is 10.7 Å². The molecule has 2 heterocycles. The van der Waals surface area contributed by atoms with Gasteiger partial charge >= 0.3 is 11.6 Å². The number of rotatable bonds is 6. The van der Waals surface area contributed by atoms with Crippen LogP contribution in [0.4, 0.5) is 10.7 Å². The highest BCUT2D eigenvalue weighted by atomic mass is 32.2.